The molecule has 0 aliphatic heterocycles. The molecule has 0 amide bonds. The van der Waals surface area contributed by atoms with E-state index >= 15 is 0 Å². The number of hydrogen-bond donors (Lipinski definition) is 2. The Balaban J connectivity index is 2.94. The molecule has 0 radical (unpaired) electrons. The third kappa shape index (κ3) is 1.08. The van der Waals surface area contributed by atoms with Crippen molar-refractivity contribution in [3.8, 4) is 0 Å². The molecule has 0 saturated heterocycles. The van der Waals surface area contributed by atoms with Crippen LogP contribution in [0.4, 0.5) is 10.1 Å². The molecule has 68 valence electrons. The van der Waals surface area contributed by atoms with Crippen LogP contribution < -0.4 is 5.73 Å². The molecule has 2 nitrogen and oxygen atoms in total. The molecule has 0 atom stereocenters. The zero-order chi connectivity index (χ0) is 9.59. The first-order valence-corrected chi connectivity index (χ1v) is 4.13. The summed E-state index contributed by atoms with van der Waals surface area (Å²) in [4.78, 5) is 2.99. The molecule has 0 aliphatic carbocycles. The number of halogens is 1. The van der Waals surface area contributed by atoms with E-state index in [0.29, 0.717) is 11.2 Å². The normalized spacial score (nSPS) is 11.0. The lowest BCUT2D eigenvalue weighted by Crippen LogP contribution is -1.86. The maximum Gasteiger partial charge on any atom is 0.149 e. The quantitative estimate of drug-likeness (QED) is 0.598. The molecule has 1 aromatic carbocycles. The summed E-state index contributed by atoms with van der Waals surface area (Å²) >= 11 is 0. The lowest BCUT2D eigenvalue weighted by Gasteiger charge is -1.96. The van der Waals surface area contributed by atoms with Crippen LogP contribution in [0.25, 0.3) is 10.9 Å². The number of aromatic nitrogens is 1. The number of aryl methyl sites for hydroxylation is 2. The van der Waals surface area contributed by atoms with E-state index in [-0.39, 0.29) is 5.82 Å². The summed E-state index contributed by atoms with van der Waals surface area (Å²) in [6.07, 6.45) is 0. The first-order valence-electron chi connectivity index (χ1n) is 4.13. The summed E-state index contributed by atoms with van der Waals surface area (Å²) in [5.74, 6) is -0.286. The van der Waals surface area contributed by atoms with Crippen molar-refractivity contribution in [3.05, 3.63) is 29.2 Å². The van der Waals surface area contributed by atoms with Crippen molar-refractivity contribution in [1.82, 2.24) is 4.98 Å². The largest absolute Gasteiger partial charge is 0.399 e. The minimum absolute atomic E-state index is 0.286. The van der Waals surface area contributed by atoms with Crippen LogP contribution in [-0.2, 0) is 0 Å². The number of H-pyrrole nitrogens is 1. The standard InChI is InChI=1S/C10H11FN2/c1-5-6(2)13-10-8(5)3-7(12)4-9(10)11/h3-4,13H,12H2,1-2H3. The fraction of sp³-hybridized carbons (Fsp3) is 0.200. The van der Waals surface area contributed by atoms with Crippen molar-refractivity contribution in [1.29, 1.82) is 0 Å². The Morgan fingerprint density at radius 1 is 1.31 bits per heavy atom. The van der Waals surface area contributed by atoms with Gasteiger partial charge in [0.05, 0.1) is 5.52 Å². The smallest absolute Gasteiger partial charge is 0.149 e. The highest BCUT2D eigenvalue weighted by Crippen LogP contribution is 2.25. The third-order valence-electron chi connectivity index (χ3n) is 2.39. The fourth-order valence-electron chi connectivity index (χ4n) is 1.53. The summed E-state index contributed by atoms with van der Waals surface area (Å²) in [6, 6.07) is 3.12. The number of hydrogen-bond acceptors (Lipinski definition) is 1. The first kappa shape index (κ1) is 8.10. The van der Waals surface area contributed by atoms with Gasteiger partial charge in [-0.15, -0.1) is 0 Å². The monoisotopic (exact) mass is 178 g/mol. The van der Waals surface area contributed by atoms with Crippen LogP contribution in [0.3, 0.4) is 0 Å². The van der Waals surface area contributed by atoms with Crippen LogP contribution in [0.2, 0.25) is 0 Å². The summed E-state index contributed by atoms with van der Waals surface area (Å²) in [5, 5.41) is 0.870. The average Bonchev–Trinajstić information content (AvgIpc) is 2.32. The van der Waals surface area contributed by atoms with E-state index in [9.17, 15) is 4.39 Å². The minimum atomic E-state index is -0.286. The van der Waals surface area contributed by atoms with Gasteiger partial charge in [0.1, 0.15) is 5.82 Å². The van der Waals surface area contributed by atoms with E-state index in [1.165, 1.54) is 6.07 Å². The highest BCUT2D eigenvalue weighted by Gasteiger charge is 2.08. The molecule has 2 aromatic rings. The molecule has 13 heavy (non-hydrogen) atoms. The van der Waals surface area contributed by atoms with Crippen LogP contribution in [0.15, 0.2) is 12.1 Å². The van der Waals surface area contributed by atoms with Crippen molar-refractivity contribution in [2.24, 2.45) is 0 Å². The van der Waals surface area contributed by atoms with E-state index in [1.54, 1.807) is 6.07 Å². The molecule has 0 aliphatic rings. The van der Waals surface area contributed by atoms with Crippen molar-refractivity contribution >= 4 is 16.6 Å². The fourth-order valence-corrected chi connectivity index (χ4v) is 1.53. The Morgan fingerprint density at radius 2 is 2.00 bits per heavy atom. The Bertz CT molecular complexity index is 471. The molecule has 1 heterocycles. The molecule has 0 spiro atoms. The van der Waals surface area contributed by atoms with Gasteiger partial charge in [-0.2, -0.15) is 0 Å². The first-order chi connectivity index (χ1) is 6.09. The topological polar surface area (TPSA) is 41.8 Å². The molecule has 0 unspecified atom stereocenters. The average molecular weight is 178 g/mol. The summed E-state index contributed by atoms with van der Waals surface area (Å²) in [6.45, 7) is 3.87. The van der Waals surface area contributed by atoms with Gasteiger partial charge in [0.2, 0.25) is 0 Å². The minimum Gasteiger partial charge on any atom is -0.399 e. The van der Waals surface area contributed by atoms with Crippen LogP contribution in [-0.4, -0.2) is 4.98 Å². The van der Waals surface area contributed by atoms with Crippen LogP contribution in [0.5, 0.6) is 0 Å². The van der Waals surface area contributed by atoms with Gasteiger partial charge < -0.3 is 10.7 Å². The Labute approximate surface area is 75.6 Å². The molecule has 3 N–H and O–H groups in total. The molecule has 0 saturated carbocycles. The van der Waals surface area contributed by atoms with E-state index < -0.39 is 0 Å². The molecule has 2 rings (SSSR count). The van der Waals surface area contributed by atoms with E-state index in [0.717, 1.165) is 16.6 Å². The number of fused-ring (bicyclic) bond motifs is 1. The lowest BCUT2D eigenvalue weighted by molar-refractivity contribution is 0.638. The second-order valence-corrected chi connectivity index (χ2v) is 3.30. The van der Waals surface area contributed by atoms with Gasteiger partial charge in [0.15, 0.2) is 0 Å². The third-order valence-corrected chi connectivity index (χ3v) is 2.39. The highest BCUT2D eigenvalue weighted by atomic mass is 19.1. The van der Waals surface area contributed by atoms with Crippen molar-refractivity contribution < 1.29 is 4.39 Å². The summed E-state index contributed by atoms with van der Waals surface area (Å²) < 4.78 is 13.3. The lowest BCUT2D eigenvalue weighted by atomic mass is 10.1. The second kappa shape index (κ2) is 2.49. The Kier molecular flexibility index (Phi) is 1.55. The van der Waals surface area contributed by atoms with Gasteiger partial charge in [-0.3, -0.25) is 0 Å². The number of anilines is 1. The molecule has 0 fully saturated rings. The van der Waals surface area contributed by atoms with E-state index in [2.05, 4.69) is 4.98 Å². The SMILES string of the molecule is Cc1[nH]c2c(F)cc(N)cc2c1C. The number of nitrogens with one attached hydrogen (secondary N) is 1. The van der Waals surface area contributed by atoms with Gasteiger partial charge in [-0.1, -0.05) is 0 Å². The van der Waals surface area contributed by atoms with Crippen LogP contribution in [0, 0.1) is 19.7 Å². The number of nitrogens with two attached hydrogens (primary N) is 1. The van der Waals surface area contributed by atoms with Crippen molar-refractivity contribution in [2.75, 3.05) is 5.73 Å². The van der Waals surface area contributed by atoms with Crippen molar-refractivity contribution in [3.63, 3.8) is 0 Å². The van der Waals surface area contributed by atoms with Crippen LogP contribution in [0.1, 0.15) is 11.3 Å². The zero-order valence-electron chi connectivity index (χ0n) is 7.61. The molecule has 3 heteroatoms. The van der Waals surface area contributed by atoms with Gasteiger partial charge >= 0.3 is 0 Å². The van der Waals surface area contributed by atoms with E-state index in [4.69, 9.17) is 5.73 Å². The van der Waals surface area contributed by atoms with Gasteiger partial charge in [0, 0.05) is 16.8 Å². The molecule has 0 bridgehead atoms. The second-order valence-electron chi connectivity index (χ2n) is 3.30. The number of rotatable bonds is 0. The predicted molar refractivity (Wildman–Crippen MR) is 52.1 cm³/mol. The molecule has 1 aromatic heterocycles. The van der Waals surface area contributed by atoms with Crippen molar-refractivity contribution in [2.45, 2.75) is 13.8 Å². The van der Waals surface area contributed by atoms with Gasteiger partial charge in [-0.05, 0) is 31.5 Å². The molecular formula is C10H11FN2. The maximum atomic E-state index is 13.3. The van der Waals surface area contributed by atoms with Gasteiger partial charge in [-0.25, -0.2) is 4.39 Å². The van der Waals surface area contributed by atoms with E-state index in [1.807, 2.05) is 13.8 Å². The maximum absolute atomic E-state index is 13.3. The molecular weight excluding hydrogens is 167 g/mol. The van der Waals surface area contributed by atoms with Gasteiger partial charge in [0.25, 0.3) is 0 Å². The predicted octanol–water partition coefficient (Wildman–Crippen LogP) is 2.51. The van der Waals surface area contributed by atoms with Crippen LogP contribution >= 0.6 is 0 Å². The summed E-state index contributed by atoms with van der Waals surface area (Å²) in [5.41, 5.74) is 8.60. The number of aromatic amines is 1. The highest BCUT2D eigenvalue weighted by molar-refractivity contribution is 5.87. The zero-order valence-corrected chi connectivity index (χ0v) is 7.61. The number of benzene rings is 1. The summed E-state index contributed by atoms with van der Waals surface area (Å²) in [7, 11) is 0. The number of nitrogen functional groups attached to an aromatic ring is 1. The Morgan fingerprint density at radius 3 is 2.69 bits per heavy atom. The Hall–Kier alpha value is -1.51.